The molecule has 1 heterocycles. The van der Waals surface area contributed by atoms with Gasteiger partial charge in [0.1, 0.15) is 0 Å². The van der Waals surface area contributed by atoms with E-state index in [0.29, 0.717) is 0 Å². The Balaban J connectivity index is 2.83. The number of hydrogen-bond donors (Lipinski definition) is 2. The molecule has 0 saturated carbocycles. The minimum atomic E-state index is -4.42. The lowest BCUT2D eigenvalue weighted by atomic mass is 10.6. The third-order valence-corrected chi connectivity index (χ3v) is 1.16. The van der Waals surface area contributed by atoms with Crippen LogP contribution in [0.5, 0.6) is 0 Å². The van der Waals surface area contributed by atoms with Gasteiger partial charge in [-0.05, 0) is 6.08 Å². The number of amides is 1. The summed E-state index contributed by atoms with van der Waals surface area (Å²) in [6.07, 6.45) is 4.26. The molecule has 0 aromatic heterocycles. The molecule has 0 aromatic rings. The van der Waals surface area contributed by atoms with Crippen LogP contribution < -0.4 is 0 Å². The molecular formula is C4H5NO4P+. The van der Waals surface area contributed by atoms with E-state index in [1.807, 2.05) is 0 Å². The van der Waals surface area contributed by atoms with Crippen molar-refractivity contribution in [3.05, 3.63) is 12.2 Å². The van der Waals surface area contributed by atoms with Gasteiger partial charge < -0.3 is 0 Å². The van der Waals surface area contributed by atoms with Gasteiger partial charge in [0, 0.05) is 6.21 Å². The van der Waals surface area contributed by atoms with Gasteiger partial charge in [-0.2, -0.15) is 9.56 Å². The Labute approximate surface area is 56.7 Å². The predicted octanol–water partition coefficient (Wildman–Crippen LogP) is -0.218. The first-order chi connectivity index (χ1) is 4.58. The van der Waals surface area contributed by atoms with Crippen LogP contribution in [-0.2, 0) is 8.78 Å². The predicted molar refractivity (Wildman–Crippen MR) is 34.7 cm³/mol. The molecule has 1 amide bonds. The molecule has 2 N–H and O–H groups in total. The van der Waals surface area contributed by atoms with Crippen LogP contribution in [0, 0.1) is 0 Å². The third-order valence-electron chi connectivity index (χ3n) is 0.739. The molecule has 5 nitrogen and oxygen atoms in total. The Hall–Kier alpha value is -0.770. The zero-order valence-electron chi connectivity index (χ0n) is 4.84. The van der Waals surface area contributed by atoms with E-state index >= 15 is 0 Å². The Morgan fingerprint density at radius 3 is 2.70 bits per heavy atom. The van der Waals surface area contributed by atoms with Crippen LogP contribution in [0.3, 0.4) is 0 Å². The summed E-state index contributed by atoms with van der Waals surface area (Å²) < 4.78 is 14.2. The van der Waals surface area contributed by atoms with Gasteiger partial charge in [0.25, 0.3) is 0 Å². The summed E-state index contributed by atoms with van der Waals surface area (Å²) >= 11 is 0. The molecule has 0 bridgehead atoms. The van der Waals surface area contributed by atoms with Crippen molar-refractivity contribution in [2.75, 3.05) is 0 Å². The van der Waals surface area contributed by atoms with Gasteiger partial charge >= 0.3 is 13.7 Å². The van der Waals surface area contributed by atoms with Crippen LogP contribution in [-0.4, -0.2) is 21.9 Å². The summed E-state index contributed by atoms with van der Waals surface area (Å²) in [6, 6.07) is 0. The molecule has 1 rings (SSSR count). The van der Waals surface area contributed by atoms with Gasteiger partial charge in [-0.3, -0.25) is 0 Å². The molecule has 6 heteroatoms. The highest BCUT2D eigenvalue weighted by atomic mass is 31.2. The first kappa shape index (κ1) is 7.34. The molecule has 1 aliphatic rings. The number of phosphoric acid groups is 1. The van der Waals surface area contributed by atoms with E-state index in [4.69, 9.17) is 9.79 Å². The van der Waals surface area contributed by atoms with E-state index in [1.165, 1.54) is 18.4 Å². The summed E-state index contributed by atoms with van der Waals surface area (Å²) in [4.78, 5) is 20.0. The van der Waals surface area contributed by atoms with Gasteiger partial charge in [0.2, 0.25) is 0 Å². The second-order valence-electron chi connectivity index (χ2n) is 1.56. The van der Waals surface area contributed by atoms with E-state index in [9.17, 15) is 4.57 Å². The van der Waals surface area contributed by atoms with Gasteiger partial charge in [0.15, 0.2) is 0 Å². The van der Waals surface area contributed by atoms with E-state index < -0.39 is 7.82 Å². The number of nitrogens with zero attached hydrogens (tertiary/aromatic N) is 1. The largest absolute Gasteiger partial charge is 0.764 e. The second-order valence-corrected chi connectivity index (χ2v) is 2.72. The molecule has 0 unspecified atom stereocenters. The molecule has 0 saturated heterocycles. The molecule has 0 aromatic carbocycles. The quantitative estimate of drug-likeness (QED) is 0.413. The number of carbonyl (C=O) groups excluding carboxylic acids is 1. The summed E-state index contributed by atoms with van der Waals surface area (Å²) in [5.41, 5.74) is 0. The van der Waals surface area contributed by atoms with E-state index in [2.05, 4.69) is 9.20 Å². The number of allylic oxidation sites excluding steroid dienone is 1. The molecular weight excluding hydrogens is 157 g/mol. The van der Waals surface area contributed by atoms with Crippen molar-refractivity contribution in [2.45, 2.75) is 0 Å². The zero-order valence-corrected chi connectivity index (χ0v) is 5.73. The second kappa shape index (κ2) is 2.46. The highest BCUT2D eigenvalue weighted by Gasteiger charge is 2.30. The molecule has 0 atom stereocenters. The summed E-state index contributed by atoms with van der Waals surface area (Å²) in [7, 11) is -4.42. The Morgan fingerprint density at radius 2 is 2.30 bits per heavy atom. The van der Waals surface area contributed by atoms with Crippen molar-refractivity contribution in [2.24, 2.45) is 4.99 Å². The van der Waals surface area contributed by atoms with Crippen molar-refractivity contribution in [1.82, 2.24) is 0 Å². The highest BCUT2D eigenvalue weighted by molar-refractivity contribution is 7.44. The first-order valence-electron chi connectivity index (χ1n) is 2.41. The number of rotatable bonds is 1. The maximum absolute atomic E-state index is 10.1. The van der Waals surface area contributed by atoms with Crippen LogP contribution in [0.2, 0.25) is 0 Å². The van der Waals surface area contributed by atoms with E-state index in [1.54, 1.807) is 0 Å². The summed E-state index contributed by atoms with van der Waals surface area (Å²) in [5.74, 6) is -0.0617. The van der Waals surface area contributed by atoms with Crippen LogP contribution in [0.4, 0.5) is 0 Å². The SMILES string of the molecule is O=P(O)(O)[O+]=C1C=CC=N1. The minimum Gasteiger partial charge on any atom is -0.245 e. The van der Waals surface area contributed by atoms with Gasteiger partial charge in [-0.15, -0.1) is 4.21 Å². The normalized spacial score (nSPS) is 20.8. The summed E-state index contributed by atoms with van der Waals surface area (Å²) in [5, 5.41) is 0. The van der Waals surface area contributed by atoms with E-state index in [-0.39, 0.29) is 5.91 Å². The highest BCUT2D eigenvalue weighted by Crippen LogP contribution is 2.31. The van der Waals surface area contributed by atoms with Crippen molar-refractivity contribution in [3.8, 4) is 0 Å². The zero-order chi connectivity index (χ0) is 7.61. The van der Waals surface area contributed by atoms with Crippen molar-refractivity contribution in [3.63, 3.8) is 0 Å². The molecule has 0 radical (unpaired) electrons. The van der Waals surface area contributed by atoms with Gasteiger partial charge in [-0.25, -0.2) is 9.79 Å². The molecule has 1 aliphatic heterocycles. The van der Waals surface area contributed by atoms with Gasteiger partial charge in [0.05, 0.1) is 6.08 Å². The average molecular weight is 162 g/mol. The lowest BCUT2D eigenvalue weighted by molar-refractivity contribution is -0.308. The van der Waals surface area contributed by atoms with Crippen molar-refractivity contribution < 1.29 is 18.6 Å². The number of aliphatic imine (C=N–C) groups is 1. The Morgan fingerprint density at radius 1 is 1.60 bits per heavy atom. The lowest BCUT2D eigenvalue weighted by Crippen LogP contribution is -1.89. The molecule has 0 fully saturated rings. The van der Waals surface area contributed by atoms with Crippen LogP contribution in [0.25, 0.3) is 0 Å². The molecule has 54 valence electrons. The summed E-state index contributed by atoms with van der Waals surface area (Å²) in [6.45, 7) is 0. The van der Waals surface area contributed by atoms with Crippen LogP contribution >= 0.6 is 7.82 Å². The third kappa shape index (κ3) is 2.23. The smallest absolute Gasteiger partial charge is 0.245 e. The average Bonchev–Trinajstić information content (AvgIpc) is 2.12. The maximum atomic E-state index is 10.1. The lowest BCUT2D eigenvalue weighted by Gasteiger charge is -1.77. The fraction of sp³-hybridized carbons (Fsp3) is 0. The minimum absolute atomic E-state index is 0.0617. The molecule has 10 heavy (non-hydrogen) atoms. The number of hydrogen-bond acceptors (Lipinski definition) is 1. The Bertz CT molecular complexity index is 246. The van der Waals surface area contributed by atoms with E-state index in [0.717, 1.165) is 0 Å². The maximum Gasteiger partial charge on any atom is 0.764 e. The molecule has 0 aliphatic carbocycles. The molecule has 0 spiro atoms. The first-order valence-corrected chi connectivity index (χ1v) is 3.94. The monoisotopic (exact) mass is 162 g/mol. The van der Waals surface area contributed by atoms with Crippen LogP contribution in [0.1, 0.15) is 0 Å². The Kier molecular flexibility index (Phi) is 1.80. The van der Waals surface area contributed by atoms with Gasteiger partial charge in [-0.1, -0.05) is 0 Å². The topological polar surface area (TPSA) is 81.2 Å². The standard InChI is InChI=1S/C4H4NO4P/c6-10(7,8)9-4-2-1-3-5-4/h1-3H,(H-,6,7,8)/p+1. The van der Waals surface area contributed by atoms with Crippen molar-refractivity contribution >= 4 is 19.9 Å². The fourth-order valence-corrected chi connectivity index (χ4v) is 0.812. The van der Waals surface area contributed by atoms with Crippen molar-refractivity contribution in [1.29, 1.82) is 0 Å². The van der Waals surface area contributed by atoms with Crippen LogP contribution in [0.15, 0.2) is 17.1 Å². The fourth-order valence-electron chi connectivity index (χ4n) is 0.461.